The second kappa shape index (κ2) is 10.5. The first-order valence-electron chi connectivity index (χ1n) is 9.84. The van der Waals surface area contributed by atoms with Crippen LogP contribution in [0.5, 0.6) is 11.5 Å². The van der Waals surface area contributed by atoms with Crippen LogP contribution in [0.25, 0.3) is 6.08 Å². The molecule has 1 aliphatic heterocycles. The second-order valence-electron chi connectivity index (χ2n) is 6.91. The Bertz CT molecular complexity index is 1000. The van der Waals surface area contributed by atoms with E-state index in [-0.39, 0.29) is 17.1 Å². The number of carbonyl (C=O) groups is 1. The molecule has 0 atom stereocenters. The number of hydrogen-bond donors (Lipinski definition) is 1. The molecule has 178 valence electrons. The molecule has 0 spiro atoms. The second-order valence-corrected chi connectivity index (χ2v) is 6.91. The summed E-state index contributed by atoms with van der Waals surface area (Å²) in [6.07, 6.45) is -2.65. The molecule has 0 aliphatic carbocycles. The van der Waals surface area contributed by atoms with Gasteiger partial charge in [-0.2, -0.15) is 22.0 Å². The lowest BCUT2D eigenvalue weighted by Gasteiger charge is -2.29. The SMILES string of the molecule is COc1cccc(/C=C/C(=O)Nc2ccc(N3CCOCC3)cc2C(F)(F)F)c1OC(F)F. The molecular weight excluding hydrogens is 451 g/mol. The molecule has 11 heteroatoms. The van der Waals surface area contributed by atoms with Gasteiger partial charge in [0.05, 0.1) is 31.6 Å². The molecule has 1 heterocycles. The van der Waals surface area contributed by atoms with E-state index in [1.165, 1.54) is 37.4 Å². The number of rotatable bonds is 7. The van der Waals surface area contributed by atoms with Crippen molar-refractivity contribution in [2.45, 2.75) is 12.8 Å². The van der Waals surface area contributed by atoms with Crippen LogP contribution in [0.3, 0.4) is 0 Å². The highest BCUT2D eigenvalue weighted by Gasteiger charge is 2.34. The maximum absolute atomic E-state index is 13.6. The Morgan fingerprint density at radius 1 is 1.18 bits per heavy atom. The summed E-state index contributed by atoms with van der Waals surface area (Å²) in [5, 5.41) is 2.20. The van der Waals surface area contributed by atoms with Gasteiger partial charge in [0.1, 0.15) is 0 Å². The molecule has 1 amide bonds. The first kappa shape index (κ1) is 24.3. The number of morpholine rings is 1. The number of halogens is 5. The molecule has 3 rings (SSSR count). The van der Waals surface area contributed by atoms with E-state index in [4.69, 9.17) is 9.47 Å². The highest BCUT2D eigenvalue weighted by molar-refractivity contribution is 6.02. The van der Waals surface area contributed by atoms with Crippen molar-refractivity contribution in [3.63, 3.8) is 0 Å². The molecule has 6 nitrogen and oxygen atoms in total. The molecule has 2 aromatic rings. The largest absolute Gasteiger partial charge is 0.493 e. The number of benzene rings is 2. The van der Waals surface area contributed by atoms with Crippen molar-refractivity contribution in [1.29, 1.82) is 0 Å². The molecule has 0 radical (unpaired) electrons. The number of para-hydroxylation sites is 1. The molecule has 0 unspecified atom stereocenters. The van der Waals surface area contributed by atoms with Gasteiger partial charge in [0.2, 0.25) is 5.91 Å². The van der Waals surface area contributed by atoms with E-state index in [1.54, 1.807) is 4.90 Å². The Balaban J connectivity index is 1.82. The Labute approximate surface area is 186 Å². The molecule has 0 saturated carbocycles. The topological polar surface area (TPSA) is 60.0 Å². The molecular formula is C22H21F5N2O4. The fourth-order valence-corrected chi connectivity index (χ4v) is 3.27. The third-order valence-electron chi connectivity index (χ3n) is 4.79. The highest BCUT2D eigenvalue weighted by Crippen LogP contribution is 2.38. The average molecular weight is 472 g/mol. The van der Waals surface area contributed by atoms with Crippen molar-refractivity contribution in [1.82, 2.24) is 0 Å². The van der Waals surface area contributed by atoms with Crippen LogP contribution in [0.2, 0.25) is 0 Å². The number of hydrogen-bond acceptors (Lipinski definition) is 5. The van der Waals surface area contributed by atoms with Crippen LogP contribution in [0.1, 0.15) is 11.1 Å². The van der Waals surface area contributed by atoms with Crippen molar-refractivity contribution in [3.8, 4) is 11.5 Å². The summed E-state index contributed by atoms with van der Waals surface area (Å²) >= 11 is 0. The lowest BCUT2D eigenvalue weighted by atomic mass is 10.1. The van der Waals surface area contributed by atoms with Gasteiger partial charge in [-0.1, -0.05) is 12.1 Å². The lowest BCUT2D eigenvalue weighted by molar-refractivity contribution is -0.136. The third kappa shape index (κ3) is 6.35. The summed E-state index contributed by atoms with van der Waals surface area (Å²) in [5.41, 5.74) is -0.979. The number of alkyl halides is 5. The van der Waals surface area contributed by atoms with E-state index in [9.17, 15) is 26.7 Å². The zero-order valence-corrected chi connectivity index (χ0v) is 17.5. The molecule has 0 bridgehead atoms. The van der Waals surface area contributed by atoms with Crippen molar-refractivity contribution in [2.75, 3.05) is 43.6 Å². The standard InChI is InChI=1S/C22H21F5N2O4/c1-31-18-4-2-3-14(20(18)33-21(23)24)5-8-19(30)28-17-7-6-15(13-16(17)22(25,26)27)29-9-11-32-12-10-29/h2-8,13,21H,9-12H2,1H3,(H,28,30)/b8-5+. The van der Waals surface area contributed by atoms with Crippen LogP contribution in [0.4, 0.5) is 33.3 Å². The number of nitrogens with one attached hydrogen (secondary N) is 1. The Kier molecular flexibility index (Phi) is 7.75. The Hall–Kier alpha value is -3.34. The summed E-state index contributed by atoms with van der Waals surface area (Å²) in [6.45, 7) is -1.41. The minimum atomic E-state index is -4.71. The quantitative estimate of drug-likeness (QED) is 0.463. The molecule has 2 aromatic carbocycles. The maximum atomic E-state index is 13.6. The third-order valence-corrected chi connectivity index (χ3v) is 4.79. The monoisotopic (exact) mass is 472 g/mol. The zero-order valence-electron chi connectivity index (χ0n) is 17.5. The van der Waals surface area contributed by atoms with Crippen LogP contribution in [-0.4, -0.2) is 45.9 Å². The number of amides is 1. The van der Waals surface area contributed by atoms with Gasteiger partial charge in [0, 0.05) is 30.4 Å². The molecule has 1 saturated heterocycles. The summed E-state index contributed by atoms with van der Waals surface area (Å²) in [7, 11) is 1.26. The van der Waals surface area contributed by atoms with Crippen LogP contribution in [0, 0.1) is 0 Å². The van der Waals surface area contributed by atoms with Crippen LogP contribution in [0.15, 0.2) is 42.5 Å². The van der Waals surface area contributed by atoms with E-state index in [0.717, 1.165) is 18.2 Å². The average Bonchev–Trinajstić information content (AvgIpc) is 2.78. The predicted octanol–water partition coefficient (Wildman–Crippen LogP) is 4.80. The van der Waals surface area contributed by atoms with Crippen LogP contribution >= 0.6 is 0 Å². The van der Waals surface area contributed by atoms with Crippen molar-refractivity contribution in [2.24, 2.45) is 0 Å². The first-order chi connectivity index (χ1) is 15.7. The van der Waals surface area contributed by atoms with E-state index in [1.807, 2.05) is 0 Å². The van der Waals surface area contributed by atoms with Gasteiger partial charge in [0.25, 0.3) is 0 Å². The van der Waals surface area contributed by atoms with Gasteiger partial charge in [-0.3, -0.25) is 4.79 Å². The summed E-state index contributed by atoms with van der Waals surface area (Å²) < 4.78 is 81.0. The highest BCUT2D eigenvalue weighted by atomic mass is 19.4. The van der Waals surface area contributed by atoms with Crippen molar-refractivity contribution >= 4 is 23.4 Å². The van der Waals surface area contributed by atoms with Gasteiger partial charge in [-0.05, 0) is 30.3 Å². The lowest BCUT2D eigenvalue weighted by Crippen LogP contribution is -2.36. The first-order valence-corrected chi connectivity index (χ1v) is 9.84. The van der Waals surface area contributed by atoms with Gasteiger partial charge < -0.3 is 24.4 Å². The van der Waals surface area contributed by atoms with E-state index < -0.39 is 29.9 Å². The normalized spacial score (nSPS) is 14.6. The summed E-state index contributed by atoms with van der Waals surface area (Å²) in [6, 6.07) is 7.90. The fourth-order valence-electron chi connectivity index (χ4n) is 3.27. The number of ether oxygens (including phenoxy) is 3. The van der Waals surface area contributed by atoms with Gasteiger partial charge >= 0.3 is 12.8 Å². The minimum absolute atomic E-state index is 0.0101. The molecule has 33 heavy (non-hydrogen) atoms. The van der Waals surface area contributed by atoms with Gasteiger partial charge in [-0.15, -0.1) is 0 Å². The van der Waals surface area contributed by atoms with Crippen LogP contribution in [-0.2, 0) is 15.7 Å². The van der Waals surface area contributed by atoms with E-state index in [0.29, 0.717) is 32.0 Å². The summed E-state index contributed by atoms with van der Waals surface area (Å²) in [5.74, 6) is -1.17. The Morgan fingerprint density at radius 3 is 2.55 bits per heavy atom. The molecule has 1 aliphatic rings. The van der Waals surface area contributed by atoms with Gasteiger partial charge in [-0.25, -0.2) is 0 Å². The predicted molar refractivity (Wildman–Crippen MR) is 112 cm³/mol. The fraction of sp³-hybridized carbons (Fsp3) is 0.318. The minimum Gasteiger partial charge on any atom is -0.493 e. The number of anilines is 2. The molecule has 0 aromatic heterocycles. The zero-order chi connectivity index (χ0) is 24.0. The smallest absolute Gasteiger partial charge is 0.418 e. The van der Waals surface area contributed by atoms with Crippen molar-refractivity contribution in [3.05, 3.63) is 53.6 Å². The number of carbonyl (C=O) groups excluding carboxylic acids is 1. The van der Waals surface area contributed by atoms with E-state index in [2.05, 4.69) is 10.1 Å². The van der Waals surface area contributed by atoms with Crippen LogP contribution < -0.4 is 19.7 Å². The molecule has 1 N–H and O–H groups in total. The summed E-state index contributed by atoms with van der Waals surface area (Å²) in [4.78, 5) is 14.1. The number of nitrogens with zero attached hydrogens (tertiary/aromatic N) is 1. The van der Waals surface area contributed by atoms with Crippen molar-refractivity contribution < 1.29 is 41.0 Å². The van der Waals surface area contributed by atoms with E-state index >= 15 is 0 Å². The van der Waals surface area contributed by atoms with Gasteiger partial charge in [0.15, 0.2) is 11.5 Å². The Morgan fingerprint density at radius 2 is 1.91 bits per heavy atom. The number of methoxy groups -OCH3 is 1. The molecule has 1 fully saturated rings. The maximum Gasteiger partial charge on any atom is 0.418 e.